The summed E-state index contributed by atoms with van der Waals surface area (Å²) in [6.45, 7) is -1.72. The predicted molar refractivity (Wildman–Crippen MR) is 62.6 cm³/mol. The van der Waals surface area contributed by atoms with Gasteiger partial charge in [-0.05, 0) is 17.7 Å². The normalized spacial score (nSPS) is 12.9. The number of hydrogen-bond donors (Lipinski definition) is 2. The Morgan fingerprint density at radius 3 is 2.26 bits per heavy atom. The Kier molecular flexibility index (Phi) is 4.77. The Morgan fingerprint density at radius 2 is 1.79 bits per heavy atom. The van der Waals surface area contributed by atoms with Crippen LogP contribution < -0.4 is 4.72 Å². The van der Waals surface area contributed by atoms with Crippen LogP contribution in [0, 0.1) is 0 Å². The lowest BCUT2D eigenvalue weighted by Crippen LogP contribution is -2.42. The van der Waals surface area contributed by atoms with E-state index in [1.54, 1.807) is 0 Å². The lowest BCUT2D eigenvalue weighted by molar-refractivity contribution is -0.121. The van der Waals surface area contributed by atoms with E-state index in [4.69, 9.17) is 5.11 Å². The highest BCUT2D eigenvalue weighted by molar-refractivity contribution is 7.87. The van der Waals surface area contributed by atoms with E-state index in [9.17, 15) is 21.6 Å². The average molecular weight is 298 g/mol. The standard InChI is InChI=1S/C10H13F3N2O3S/c1-15(6-8-2-4-9(16)5-3-8)19(17,18)14-7-10(11,12)13/h2-5,14,16H,6-7H2,1H3. The zero-order chi connectivity index (χ0) is 14.7. The third-order valence-corrected chi connectivity index (χ3v) is 3.67. The van der Waals surface area contributed by atoms with E-state index in [-0.39, 0.29) is 12.3 Å². The lowest BCUT2D eigenvalue weighted by atomic mass is 10.2. The molecule has 0 aromatic heterocycles. The number of phenolic OH excluding ortho intramolecular Hbond substituents is 1. The maximum atomic E-state index is 11.9. The smallest absolute Gasteiger partial charge is 0.402 e. The first kappa shape index (κ1) is 15.7. The highest BCUT2D eigenvalue weighted by Crippen LogP contribution is 2.15. The number of nitrogens with one attached hydrogen (secondary N) is 1. The number of hydrogen-bond acceptors (Lipinski definition) is 3. The quantitative estimate of drug-likeness (QED) is 0.859. The molecular weight excluding hydrogens is 285 g/mol. The van der Waals surface area contributed by atoms with Crippen molar-refractivity contribution in [3.63, 3.8) is 0 Å². The Balaban J connectivity index is 2.66. The summed E-state index contributed by atoms with van der Waals surface area (Å²) in [5, 5.41) is 9.06. The molecule has 1 rings (SSSR count). The summed E-state index contributed by atoms with van der Waals surface area (Å²) >= 11 is 0. The van der Waals surface area contributed by atoms with Crippen molar-refractivity contribution in [3.8, 4) is 5.75 Å². The summed E-state index contributed by atoms with van der Waals surface area (Å²) in [6, 6.07) is 5.67. The number of benzene rings is 1. The molecule has 0 aliphatic heterocycles. The second-order valence-corrected chi connectivity index (χ2v) is 5.73. The van der Waals surface area contributed by atoms with E-state index < -0.39 is 22.9 Å². The van der Waals surface area contributed by atoms with Crippen LogP contribution in [0.1, 0.15) is 5.56 Å². The van der Waals surface area contributed by atoms with Crippen LogP contribution >= 0.6 is 0 Å². The third kappa shape index (κ3) is 5.45. The molecule has 0 atom stereocenters. The molecule has 0 heterocycles. The molecule has 0 spiro atoms. The minimum absolute atomic E-state index is 0.0180. The van der Waals surface area contributed by atoms with Gasteiger partial charge in [0.2, 0.25) is 0 Å². The van der Waals surface area contributed by atoms with Crippen LogP contribution in [-0.2, 0) is 16.8 Å². The fraction of sp³-hybridized carbons (Fsp3) is 0.400. The van der Waals surface area contributed by atoms with Gasteiger partial charge in [-0.2, -0.15) is 30.6 Å². The molecule has 1 aromatic rings. The molecule has 2 N–H and O–H groups in total. The van der Waals surface area contributed by atoms with Crippen molar-refractivity contribution in [1.29, 1.82) is 0 Å². The monoisotopic (exact) mass is 298 g/mol. The number of phenols is 1. The van der Waals surface area contributed by atoms with Gasteiger partial charge in [-0.15, -0.1) is 0 Å². The minimum Gasteiger partial charge on any atom is -0.508 e. The van der Waals surface area contributed by atoms with Crippen molar-refractivity contribution in [3.05, 3.63) is 29.8 Å². The molecule has 0 aliphatic carbocycles. The summed E-state index contributed by atoms with van der Waals surface area (Å²) in [5.74, 6) is 0.0180. The van der Waals surface area contributed by atoms with Gasteiger partial charge in [-0.1, -0.05) is 12.1 Å². The maximum Gasteiger partial charge on any atom is 0.402 e. The topological polar surface area (TPSA) is 69.6 Å². The molecule has 19 heavy (non-hydrogen) atoms. The molecule has 1 aromatic carbocycles. The summed E-state index contributed by atoms with van der Waals surface area (Å²) in [5.41, 5.74) is 0.540. The number of rotatable bonds is 5. The summed E-state index contributed by atoms with van der Waals surface area (Å²) in [7, 11) is -3.04. The molecule has 5 nitrogen and oxygen atoms in total. The Morgan fingerprint density at radius 1 is 1.26 bits per heavy atom. The maximum absolute atomic E-state index is 11.9. The first-order chi connectivity index (χ1) is 8.60. The highest BCUT2D eigenvalue weighted by Gasteiger charge is 2.30. The van der Waals surface area contributed by atoms with Crippen molar-refractivity contribution in [2.45, 2.75) is 12.7 Å². The molecule has 108 valence electrons. The SMILES string of the molecule is CN(Cc1ccc(O)cc1)S(=O)(=O)NCC(F)(F)F. The highest BCUT2D eigenvalue weighted by atomic mass is 32.2. The van der Waals surface area contributed by atoms with Crippen LogP contribution in [0.15, 0.2) is 24.3 Å². The third-order valence-electron chi connectivity index (χ3n) is 2.21. The zero-order valence-corrected chi connectivity index (χ0v) is 10.8. The van der Waals surface area contributed by atoms with Crippen molar-refractivity contribution in [2.24, 2.45) is 0 Å². The van der Waals surface area contributed by atoms with Crippen molar-refractivity contribution < 1.29 is 26.7 Å². The molecule has 0 radical (unpaired) electrons. The largest absolute Gasteiger partial charge is 0.508 e. The number of nitrogens with zero attached hydrogens (tertiary/aromatic N) is 1. The van der Waals surface area contributed by atoms with Crippen LogP contribution in [0.3, 0.4) is 0 Å². The average Bonchev–Trinajstić information content (AvgIpc) is 2.29. The van der Waals surface area contributed by atoms with Crippen LogP contribution in [-0.4, -0.2) is 37.6 Å². The molecule has 0 amide bonds. The van der Waals surface area contributed by atoms with Crippen molar-refractivity contribution in [2.75, 3.05) is 13.6 Å². The Hall–Kier alpha value is -1.32. The van der Waals surface area contributed by atoms with E-state index >= 15 is 0 Å². The second kappa shape index (κ2) is 5.76. The van der Waals surface area contributed by atoms with Crippen LogP contribution in [0.2, 0.25) is 0 Å². The van der Waals surface area contributed by atoms with Crippen molar-refractivity contribution in [1.82, 2.24) is 9.03 Å². The van der Waals surface area contributed by atoms with Gasteiger partial charge in [0, 0.05) is 13.6 Å². The number of alkyl halides is 3. The molecular formula is C10H13F3N2O3S. The van der Waals surface area contributed by atoms with Gasteiger partial charge in [0.25, 0.3) is 10.2 Å². The first-order valence-corrected chi connectivity index (χ1v) is 6.60. The number of aromatic hydroxyl groups is 1. The summed E-state index contributed by atoms with van der Waals surface area (Å²) < 4.78 is 61.1. The molecule has 0 fully saturated rings. The molecule has 0 unspecified atom stereocenters. The fourth-order valence-corrected chi connectivity index (χ4v) is 2.11. The lowest BCUT2D eigenvalue weighted by Gasteiger charge is -2.18. The van der Waals surface area contributed by atoms with Gasteiger partial charge < -0.3 is 5.11 Å². The van der Waals surface area contributed by atoms with E-state index in [2.05, 4.69) is 0 Å². The second-order valence-electron chi connectivity index (χ2n) is 3.86. The molecule has 0 aliphatic rings. The van der Waals surface area contributed by atoms with E-state index in [0.29, 0.717) is 5.56 Å². The van der Waals surface area contributed by atoms with Gasteiger partial charge in [0.1, 0.15) is 12.3 Å². The molecule has 9 heteroatoms. The predicted octanol–water partition coefficient (Wildman–Crippen LogP) is 1.22. The fourth-order valence-electron chi connectivity index (χ4n) is 1.23. The number of halogens is 3. The van der Waals surface area contributed by atoms with Gasteiger partial charge in [0.15, 0.2) is 0 Å². The summed E-state index contributed by atoms with van der Waals surface area (Å²) in [6.07, 6.45) is -4.60. The van der Waals surface area contributed by atoms with Gasteiger partial charge >= 0.3 is 6.18 Å². The first-order valence-electron chi connectivity index (χ1n) is 5.16. The van der Waals surface area contributed by atoms with Gasteiger partial charge in [-0.3, -0.25) is 0 Å². The van der Waals surface area contributed by atoms with E-state index in [0.717, 1.165) is 11.4 Å². The van der Waals surface area contributed by atoms with E-state index in [1.165, 1.54) is 29.0 Å². The van der Waals surface area contributed by atoms with Crippen LogP contribution in [0.25, 0.3) is 0 Å². The minimum atomic E-state index is -4.60. The Bertz CT molecular complexity index is 514. The Labute approximate surface area is 108 Å². The van der Waals surface area contributed by atoms with Gasteiger partial charge in [-0.25, -0.2) is 0 Å². The van der Waals surface area contributed by atoms with Crippen LogP contribution in [0.4, 0.5) is 13.2 Å². The molecule has 0 saturated heterocycles. The zero-order valence-electron chi connectivity index (χ0n) is 9.98. The van der Waals surface area contributed by atoms with Crippen molar-refractivity contribution >= 4 is 10.2 Å². The van der Waals surface area contributed by atoms with Crippen LogP contribution in [0.5, 0.6) is 5.75 Å². The molecule has 0 saturated carbocycles. The summed E-state index contributed by atoms with van der Waals surface area (Å²) in [4.78, 5) is 0. The van der Waals surface area contributed by atoms with E-state index in [1.807, 2.05) is 0 Å². The molecule has 0 bridgehead atoms. The van der Waals surface area contributed by atoms with Gasteiger partial charge in [0.05, 0.1) is 0 Å².